The molecule has 0 radical (unpaired) electrons. The Morgan fingerprint density at radius 2 is 2.00 bits per heavy atom. The Hall–Kier alpha value is -1.43. The van der Waals surface area contributed by atoms with Gasteiger partial charge in [-0.25, -0.2) is 9.97 Å². The maximum Gasteiger partial charge on any atom is 0.147 e. The van der Waals surface area contributed by atoms with Gasteiger partial charge in [0, 0.05) is 16.7 Å². The monoisotopic (exact) mass is 261 g/mol. The van der Waals surface area contributed by atoms with Crippen LogP contribution in [0.15, 0.2) is 41.4 Å². The minimum Gasteiger partial charge on any atom is -0.394 e. The molecule has 1 unspecified atom stereocenters. The molecule has 1 atom stereocenters. The normalized spacial score (nSPS) is 12.4. The Kier molecular flexibility index (Phi) is 4.30. The van der Waals surface area contributed by atoms with Crippen molar-refractivity contribution >= 4 is 11.8 Å². The predicted molar refractivity (Wildman–Crippen MR) is 73.3 cm³/mol. The van der Waals surface area contributed by atoms with Gasteiger partial charge in [0.25, 0.3) is 0 Å². The summed E-state index contributed by atoms with van der Waals surface area (Å²) in [6.45, 7) is -0.158. The van der Waals surface area contributed by atoms with Crippen molar-refractivity contribution in [1.29, 1.82) is 0 Å². The van der Waals surface area contributed by atoms with Gasteiger partial charge in [0.05, 0.1) is 18.3 Å². The van der Waals surface area contributed by atoms with E-state index in [9.17, 15) is 0 Å². The van der Waals surface area contributed by atoms with E-state index in [0.717, 1.165) is 11.3 Å². The molecule has 0 saturated heterocycles. The lowest BCUT2D eigenvalue weighted by Crippen LogP contribution is -2.17. The minimum atomic E-state index is -0.532. The number of nitrogens with zero attached hydrogens (tertiary/aromatic N) is 2. The molecule has 0 amide bonds. The van der Waals surface area contributed by atoms with Gasteiger partial charge in [-0.2, -0.15) is 0 Å². The van der Waals surface area contributed by atoms with E-state index in [4.69, 9.17) is 10.8 Å². The first-order valence-electron chi connectivity index (χ1n) is 5.58. The average Bonchev–Trinajstić information content (AvgIpc) is 2.46. The number of aromatic nitrogens is 2. The highest BCUT2D eigenvalue weighted by Gasteiger charge is 2.09. The van der Waals surface area contributed by atoms with E-state index in [1.165, 1.54) is 4.90 Å². The van der Waals surface area contributed by atoms with Crippen molar-refractivity contribution < 1.29 is 5.11 Å². The summed E-state index contributed by atoms with van der Waals surface area (Å²) in [5.41, 5.74) is 7.54. The lowest BCUT2D eigenvalue weighted by Gasteiger charge is -2.08. The molecule has 0 bridgehead atoms. The summed E-state index contributed by atoms with van der Waals surface area (Å²) in [5, 5.41) is 9.01. The molecule has 5 heteroatoms. The Morgan fingerprint density at radius 3 is 2.61 bits per heavy atom. The maximum absolute atomic E-state index is 9.01. The van der Waals surface area contributed by atoms with E-state index in [1.807, 2.05) is 36.6 Å². The van der Waals surface area contributed by atoms with E-state index >= 15 is 0 Å². The molecule has 0 aliphatic heterocycles. The third kappa shape index (κ3) is 2.87. The Morgan fingerprint density at radius 1 is 1.28 bits per heavy atom. The quantitative estimate of drug-likeness (QED) is 0.822. The van der Waals surface area contributed by atoms with Crippen LogP contribution in [0, 0.1) is 0 Å². The van der Waals surface area contributed by atoms with Gasteiger partial charge in [-0.15, -0.1) is 11.8 Å². The van der Waals surface area contributed by atoms with Gasteiger partial charge in [0.15, 0.2) is 0 Å². The third-order valence-electron chi connectivity index (χ3n) is 2.59. The van der Waals surface area contributed by atoms with Crippen LogP contribution in [-0.4, -0.2) is 27.9 Å². The molecular formula is C13H15N3OS. The molecule has 18 heavy (non-hydrogen) atoms. The Balaban J connectivity index is 2.32. The van der Waals surface area contributed by atoms with Crippen molar-refractivity contribution in [3.05, 3.63) is 42.4 Å². The zero-order valence-corrected chi connectivity index (χ0v) is 10.9. The van der Waals surface area contributed by atoms with Crippen LogP contribution >= 0.6 is 11.8 Å². The molecule has 0 fully saturated rings. The standard InChI is InChI=1S/C13H15N3OS/c1-18-10-4-2-9(3-5-10)12-6-7-15-13(16-12)11(14)8-17/h2-7,11,17H,8,14H2,1H3. The molecule has 1 aromatic heterocycles. The Labute approximate surface area is 110 Å². The largest absolute Gasteiger partial charge is 0.394 e. The molecule has 3 N–H and O–H groups in total. The predicted octanol–water partition coefficient (Wildman–Crippen LogP) is 1.86. The van der Waals surface area contributed by atoms with Crippen molar-refractivity contribution in [2.75, 3.05) is 12.9 Å². The van der Waals surface area contributed by atoms with E-state index < -0.39 is 6.04 Å². The van der Waals surface area contributed by atoms with Crippen LogP contribution in [0.4, 0.5) is 0 Å². The van der Waals surface area contributed by atoms with E-state index in [0.29, 0.717) is 5.82 Å². The minimum absolute atomic E-state index is 0.158. The number of rotatable bonds is 4. The fourth-order valence-corrected chi connectivity index (χ4v) is 1.96. The topological polar surface area (TPSA) is 72.0 Å². The number of hydrogen-bond donors (Lipinski definition) is 2. The average molecular weight is 261 g/mol. The summed E-state index contributed by atoms with van der Waals surface area (Å²) in [4.78, 5) is 9.64. The van der Waals surface area contributed by atoms with E-state index in [1.54, 1.807) is 18.0 Å². The summed E-state index contributed by atoms with van der Waals surface area (Å²) in [5.74, 6) is 0.462. The van der Waals surface area contributed by atoms with Gasteiger partial charge in [-0.3, -0.25) is 0 Å². The molecule has 0 aliphatic carbocycles. The van der Waals surface area contributed by atoms with Crippen molar-refractivity contribution in [2.45, 2.75) is 10.9 Å². The summed E-state index contributed by atoms with van der Waals surface area (Å²) in [6, 6.07) is 9.43. The van der Waals surface area contributed by atoms with Gasteiger partial charge in [-0.05, 0) is 24.5 Å². The molecule has 1 heterocycles. The maximum atomic E-state index is 9.01. The molecular weight excluding hydrogens is 246 g/mol. The molecule has 4 nitrogen and oxygen atoms in total. The number of hydrogen-bond acceptors (Lipinski definition) is 5. The molecule has 0 aliphatic rings. The smallest absolute Gasteiger partial charge is 0.147 e. The van der Waals surface area contributed by atoms with Gasteiger partial charge < -0.3 is 10.8 Å². The highest BCUT2D eigenvalue weighted by Crippen LogP contribution is 2.21. The highest BCUT2D eigenvalue weighted by molar-refractivity contribution is 7.98. The van der Waals surface area contributed by atoms with Crippen LogP contribution in [0.2, 0.25) is 0 Å². The number of aliphatic hydroxyl groups is 1. The van der Waals surface area contributed by atoms with Crippen molar-refractivity contribution in [3.8, 4) is 11.3 Å². The van der Waals surface area contributed by atoms with Gasteiger partial charge >= 0.3 is 0 Å². The number of aliphatic hydroxyl groups excluding tert-OH is 1. The zero-order chi connectivity index (χ0) is 13.0. The summed E-state index contributed by atoms with van der Waals surface area (Å²) in [6.07, 6.45) is 3.70. The van der Waals surface area contributed by atoms with Crippen LogP contribution < -0.4 is 5.73 Å². The van der Waals surface area contributed by atoms with E-state index in [2.05, 4.69) is 9.97 Å². The summed E-state index contributed by atoms with van der Waals surface area (Å²) in [7, 11) is 0. The van der Waals surface area contributed by atoms with Gasteiger partial charge in [0.1, 0.15) is 5.82 Å². The molecule has 0 saturated carbocycles. The van der Waals surface area contributed by atoms with Crippen LogP contribution in [0.25, 0.3) is 11.3 Å². The third-order valence-corrected chi connectivity index (χ3v) is 3.33. The first kappa shape index (κ1) is 13.0. The Bertz CT molecular complexity index is 516. The SMILES string of the molecule is CSc1ccc(-c2ccnc(C(N)CO)n2)cc1. The van der Waals surface area contributed by atoms with Crippen LogP contribution in [0.5, 0.6) is 0 Å². The van der Waals surface area contributed by atoms with Crippen molar-refractivity contribution in [2.24, 2.45) is 5.73 Å². The number of benzene rings is 1. The second-order valence-electron chi connectivity index (χ2n) is 3.82. The lowest BCUT2D eigenvalue weighted by molar-refractivity contribution is 0.263. The zero-order valence-electron chi connectivity index (χ0n) is 10.1. The molecule has 0 spiro atoms. The molecule has 2 rings (SSSR count). The fraction of sp³-hybridized carbons (Fsp3) is 0.231. The second-order valence-corrected chi connectivity index (χ2v) is 4.70. The van der Waals surface area contributed by atoms with Crippen molar-refractivity contribution in [3.63, 3.8) is 0 Å². The number of thioether (sulfide) groups is 1. The molecule has 94 valence electrons. The van der Waals surface area contributed by atoms with Crippen LogP contribution in [0.3, 0.4) is 0 Å². The van der Waals surface area contributed by atoms with Crippen LogP contribution in [-0.2, 0) is 0 Å². The summed E-state index contributed by atoms with van der Waals surface area (Å²) < 4.78 is 0. The lowest BCUT2D eigenvalue weighted by atomic mass is 10.1. The van der Waals surface area contributed by atoms with E-state index in [-0.39, 0.29) is 6.61 Å². The van der Waals surface area contributed by atoms with Crippen LogP contribution in [0.1, 0.15) is 11.9 Å². The molecule has 2 aromatic rings. The van der Waals surface area contributed by atoms with Crippen molar-refractivity contribution in [1.82, 2.24) is 9.97 Å². The molecule has 1 aromatic carbocycles. The van der Waals surface area contributed by atoms with Gasteiger partial charge in [0.2, 0.25) is 0 Å². The summed E-state index contributed by atoms with van der Waals surface area (Å²) >= 11 is 1.70. The first-order chi connectivity index (χ1) is 8.74. The first-order valence-corrected chi connectivity index (χ1v) is 6.81. The number of nitrogens with two attached hydrogens (primary N) is 1. The fourth-order valence-electron chi connectivity index (χ4n) is 1.56. The van der Waals surface area contributed by atoms with Gasteiger partial charge in [-0.1, -0.05) is 12.1 Å². The second kappa shape index (κ2) is 5.95. The highest BCUT2D eigenvalue weighted by atomic mass is 32.2.